The summed E-state index contributed by atoms with van der Waals surface area (Å²) in [7, 11) is -9.71. The van der Waals surface area contributed by atoms with Crippen molar-refractivity contribution in [3.63, 3.8) is 0 Å². The van der Waals surface area contributed by atoms with Gasteiger partial charge in [0.1, 0.15) is 0 Å². The summed E-state index contributed by atoms with van der Waals surface area (Å²) in [5.74, 6) is -0.429. The van der Waals surface area contributed by atoms with Crippen molar-refractivity contribution in [1.29, 1.82) is 0 Å². The Hall–Kier alpha value is -1.49. The molecule has 8 unspecified atom stereocenters. The minimum Gasteiger partial charge on any atom is -0.462 e. The Kier molecular flexibility index (Phi) is 47.1. The molecule has 0 rings (SSSR count). The van der Waals surface area contributed by atoms with Gasteiger partial charge in [-0.25, -0.2) is 9.59 Å². The third kappa shape index (κ3) is 44.1. The zero-order chi connectivity index (χ0) is 61.2. The Balaban J connectivity index is 0. The molecule has 0 aliphatic carbocycles. The minimum atomic E-state index is -2.74. The Morgan fingerprint density at radius 3 is 1.18 bits per heavy atom. The summed E-state index contributed by atoms with van der Waals surface area (Å²) in [5.41, 5.74) is 1.93. The van der Waals surface area contributed by atoms with E-state index in [1.165, 1.54) is 0 Å². The first-order valence-electron chi connectivity index (χ1n) is 30.1. The van der Waals surface area contributed by atoms with Gasteiger partial charge in [-0.3, -0.25) is 0 Å². The Morgan fingerprint density at radius 1 is 0.463 bits per heavy atom. The summed E-state index contributed by atoms with van der Waals surface area (Å²) >= 11 is 0. The molecule has 80 heavy (non-hydrogen) atoms. The second-order valence-electron chi connectivity index (χ2n) is 23.1. The molecular formula is C59H120O17Si4. The second-order valence-corrected chi connectivity index (χ2v) is 39.0. The molecule has 0 aliphatic heterocycles. The van der Waals surface area contributed by atoms with Crippen LogP contribution in [0.15, 0.2) is 36.5 Å². The number of ether oxygens (including phenoxy) is 10. The van der Waals surface area contributed by atoms with E-state index in [2.05, 4.69) is 107 Å². The summed E-state index contributed by atoms with van der Waals surface area (Å²) in [6.07, 6.45) is 8.53. The Bertz CT molecular complexity index is 1620. The zero-order valence-electron chi connectivity index (χ0n) is 53.8. The summed E-state index contributed by atoms with van der Waals surface area (Å²) in [6, 6.07) is 2.47. The fraction of sp³-hybridized carbons (Fsp3) is 0.864. The molecule has 17 nitrogen and oxygen atoms in total. The number of rotatable bonds is 52. The average molecular weight is 1210 g/mol. The molecule has 8 atom stereocenters. The number of hydrogen-bond acceptors (Lipinski definition) is 17. The van der Waals surface area contributed by atoms with E-state index in [-0.39, 0.29) is 61.8 Å². The topological polar surface area (TPSA) is 195 Å². The third-order valence-corrected chi connectivity index (χ3v) is 29.3. The van der Waals surface area contributed by atoms with E-state index < -0.39 is 33.8 Å². The van der Waals surface area contributed by atoms with Gasteiger partial charge in [0.05, 0.1) is 123 Å². The molecule has 0 heterocycles. The lowest BCUT2D eigenvalue weighted by molar-refractivity contribution is -0.139. The van der Waals surface area contributed by atoms with Crippen LogP contribution in [0.2, 0.25) is 64.0 Å². The molecule has 0 amide bonds. The highest BCUT2D eigenvalue weighted by atomic mass is 28.5. The van der Waals surface area contributed by atoms with Crippen molar-refractivity contribution in [3.8, 4) is 0 Å². The van der Waals surface area contributed by atoms with Crippen molar-refractivity contribution >= 4 is 45.7 Å². The van der Waals surface area contributed by atoms with E-state index in [0.717, 1.165) is 87.9 Å². The highest BCUT2D eigenvalue weighted by Crippen LogP contribution is 2.33. The molecule has 21 heteroatoms. The second kappa shape index (κ2) is 46.8. The van der Waals surface area contributed by atoms with Crippen molar-refractivity contribution in [2.24, 2.45) is 5.92 Å². The maximum atomic E-state index is 11.8. The van der Waals surface area contributed by atoms with Gasteiger partial charge in [0.25, 0.3) is 0 Å². The van der Waals surface area contributed by atoms with Gasteiger partial charge in [0.2, 0.25) is 0 Å². The lowest BCUT2D eigenvalue weighted by Crippen LogP contribution is -2.58. The first kappa shape index (κ1) is 80.6. The van der Waals surface area contributed by atoms with Crippen LogP contribution in [0, 0.1) is 5.92 Å². The molecule has 474 valence electrons. The van der Waals surface area contributed by atoms with Crippen LogP contribution in [0.25, 0.3) is 0 Å². The highest BCUT2D eigenvalue weighted by Gasteiger charge is 2.46. The van der Waals surface area contributed by atoms with Gasteiger partial charge in [-0.2, -0.15) is 0 Å². The molecule has 2 N–H and O–H groups in total. The van der Waals surface area contributed by atoms with Gasteiger partial charge in [0.15, 0.2) is 16.6 Å². The predicted molar refractivity (Wildman–Crippen MR) is 332 cm³/mol. The van der Waals surface area contributed by atoms with Crippen LogP contribution >= 0.6 is 0 Å². The molecule has 0 aromatic heterocycles. The van der Waals surface area contributed by atoms with Crippen molar-refractivity contribution in [2.75, 3.05) is 92.5 Å². The van der Waals surface area contributed by atoms with Crippen molar-refractivity contribution in [3.05, 3.63) is 36.5 Å². The van der Waals surface area contributed by atoms with Crippen LogP contribution in [0.4, 0.5) is 0 Å². The van der Waals surface area contributed by atoms with Gasteiger partial charge in [-0.1, -0.05) is 67.2 Å². The first-order chi connectivity index (χ1) is 37.6. The van der Waals surface area contributed by atoms with E-state index in [0.29, 0.717) is 96.3 Å². The van der Waals surface area contributed by atoms with Gasteiger partial charge in [-0.15, -0.1) is 6.58 Å². The maximum Gasteiger partial charge on any atom is 0.333 e. The summed E-state index contributed by atoms with van der Waals surface area (Å²) in [4.78, 5) is 23.6. The number of aliphatic hydroxyl groups is 2. The lowest BCUT2D eigenvalue weighted by Gasteiger charge is -2.43. The van der Waals surface area contributed by atoms with Crippen molar-refractivity contribution in [2.45, 2.75) is 234 Å². The van der Waals surface area contributed by atoms with Crippen LogP contribution in [0.1, 0.15) is 133 Å². The molecule has 0 aliphatic rings. The summed E-state index contributed by atoms with van der Waals surface area (Å²) in [5, 5.41) is 18.0. The van der Waals surface area contributed by atoms with Crippen molar-refractivity contribution in [1.82, 2.24) is 0 Å². The normalized spacial score (nSPS) is 15.6. The van der Waals surface area contributed by atoms with E-state index in [9.17, 15) is 9.59 Å². The van der Waals surface area contributed by atoms with Crippen LogP contribution in [-0.4, -0.2) is 185 Å². The highest BCUT2D eigenvalue weighted by molar-refractivity contribution is 6.89. The standard InChI is InChI=1S/C32H66O10Si4.C27H54O7/c1-14-30(37-22-18-33)25-36-21-17-29(6)26-46(13,41-44(9,10)24-16-20-39-32(35)28(4)5)42-45(11,12)40-43(7,8)23-15-19-38-31(34)27(2)3;1-8-23(17-29-15-13-22(6)7)31-19-25(10-3)33-21-27(12-5)34-20-26(11-4)32-18-24(9-2)30-16-14-28/h29-30,33H,2,4,14-26H2,1,3,5-13H3;23-28H,6,8-21H2,1-5,7H3. The Morgan fingerprint density at radius 2 is 0.812 bits per heavy atom. The fourth-order valence-corrected chi connectivity index (χ4v) is 28.6. The zero-order valence-corrected chi connectivity index (χ0v) is 57.8. The summed E-state index contributed by atoms with van der Waals surface area (Å²) in [6.45, 7) is 52.3. The number of esters is 2. The minimum absolute atomic E-state index is 0.000248. The quantitative estimate of drug-likeness (QED) is 0.0192. The van der Waals surface area contributed by atoms with E-state index in [4.69, 9.17) is 69.9 Å². The van der Waals surface area contributed by atoms with Gasteiger partial charge in [0, 0.05) is 17.8 Å². The lowest BCUT2D eigenvalue weighted by atomic mass is 10.1. The molecule has 0 radical (unpaired) electrons. The van der Waals surface area contributed by atoms with E-state index in [1.807, 2.05) is 13.8 Å². The number of aliphatic hydroxyl groups excluding tert-OH is 2. The predicted octanol–water partition coefficient (Wildman–Crippen LogP) is 12.0. The molecular weight excluding hydrogens is 1090 g/mol. The van der Waals surface area contributed by atoms with Crippen LogP contribution in [-0.2, 0) is 69.3 Å². The number of carbonyl (C=O) groups is 2. The number of carbonyl (C=O) groups excluding carboxylic acids is 2. The molecule has 0 saturated carbocycles. The molecule has 0 fully saturated rings. The van der Waals surface area contributed by atoms with Crippen molar-refractivity contribution < 1.29 is 79.5 Å². The fourth-order valence-electron chi connectivity index (χ4n) is 8.38. The third-order valence-electron chi connectivity index (χ3n) is 12.9. The Labute approximate surface area is 491 Å². The van der Waals surface area contributed by atoms with Crippen LogP contribution < -0.4 is 0 Å². The smallest absolute Gasteiger partial charge is 0.333 e. The molecule has 0 bridgehead atoms. The molecule has 0 saturated heterocycles. The first-order valence-corrected chi connectivity index (χ1v) is 41.6. The maximum absolute atomic E-state index is 11.8. The van der Waals surface area contributed by atoms with E-state index in [1.54, 1.807) is 13.8 Å². The monoisotopic (exact) mass is 1210 g/mol. The molecule has 0 aromatic rings. The molecule has 0 aromatic carbocycles. The van der Waals surface area contributed by atoms with Gasteiger partial charge in [-0.05, 0) is 155 Å². The van der Waals surface area contributed by atoms with Crippen LogP contribution in [0.5, 0.6) is 0 Å². The van der Waals surface area contributed by atoms with Gasteiger partial charge < -0.3 is 69.9 Å². The number of hydrogen-bond donors (Lipinski definition) is 2. The largest absolute Gasteiger partial charge is 0.462 e. The SMILES string of the molecule is C=C(C)C(=O)OCCC[Si](C)(C)O[Si](C)(C)O[Si](C)(CC(C)CCOCC(CC)OCCO)O[Si](C)(C)CCCOC(=O)C(=C)C.C=C(C)CCOCC(CC)OCC(CC)OCC(CC)OCC(CC)OCC(CC)OCCO. The van der Waals surface area contributed by atoms with E-state index >= 15 is 0 Å². The van der Waals surface area contributed by atoms with Crippen LogP contribution in [0.3, 0.4) is 0 Å². The summed E-state index contributed by atoms with van der Waals surface area (Å²) < 4.78 is 78.8. The van der Waals surface area contributed by atoms with Gasteiger partial charge >= 0.3 is 29.1 Å². The average Bonchev–Trinajstić information content (AvgIpc) is 3.38. The molecule has 0 spiro atoms.